The van der Waals surface area contributed by atoms with Crippen LogP contribution in [0.4, 0.5) is 0 Å². The first-order valence-corrected chi connectivity index (χ1v) is 12.5. The average molecular weight is 490 g/mol. The van der Waals surface area contributed by atoms with Crippen molar-refractivity contribution in [2.75, 3.05) is 12.9 Å². The van der Waals surface area contributed by atoms with Crippen molar-refractivity contribution in [2.45, 2.75) is 25.9 Å². The van der Waals surface area contributed by atoms with Crippen molar-refractivity contribution in [3.05, 3.63) is 71.4 Å². The predicted molar refractivity (Wildman–Crippen MR) is 136 cm³/mol. The van der Waals surface area contributed by atoms with E-state index in [2.05, 4.69) is 48.3 Å². The Bertz CT molecular complexity index is 1500. The van der Waals surface area contributed by atoms with Crippen LogP contribution in [0.5, 0.6) is 0 Å². The number of thiophene rings is 1. The number of esters is 1. The second kappa shape index (κ2) is 9.08. The fourth-order valence-corrected chi connectivity index (χ4v) is 5.72. The number of thioether (sulfide) groups is 1. The van der Waals surface area contributed by atoms with Crippen LogP contribution in [0, 0.1) is 20.8 Å². The normalized spacial score (nSPS) is 11.3. The Balaban J connectivity index is 1.67. The van der Waals surface area contributed by atoms with Gasteiger partial charge in [0.25, 0.3) is 0 Å². The van der Waals surface area contributed by atoms with Crippen molar-refractivity contribution in [1.29, 1.82) is 0 Å². The number of ether oxygens (including phenoxy) is 1. The molecule has 0 aliphatic rings. The molecule has 0 saturated heterocycles. The molecule has 0 amide bonds. The molecule has 0 atom stereocenters. The van der Waals surface area contributed by atoms with Gasteiger partial charge < -0.3 is 4.74 Å². The number of nitrogens with zero attached hydrogens (tertiary/aromatic N) is 5. The summed E-state index contributed by atoms with van der Waals surface area (Å²) in [6.45, 7) is 6.15. The number of benzene rings is 2. The number of methoxy groups -OCH3 is 1. The Morgan fingerprint density at radius 1 is 1.06 bits per heavy atom. The Morgan fingerprint density at radius 3 is 2.62 bits per heavy atom. The van der Waals surface area contributed by atoms with Gasteiger partial charge in [-0.3, -0.25) is 9.36 Å². The van der Waals surface area contributed by atoms with E-state index in [1.807, 2.05) is 46.5 Å². The molecule has 0 aliphatic carbocycles. The molecule has 0 saturated carbocycles. The van der Waals surface area contributed by atoms with Crippen LogP contribution in [-0.4, -0.2) is 43.4 Å². The van der Waals surface area contributed by atoms with Crippen LogP contribution in [0.1, 0.15) is 16.8 Å². The van der Waals surface area contributed by atoms with Gasteiger partial charge in [0.15, 0.2) is 11.0 Å². The molecule has 9 heteroatoms. The molecule has 0 radical (unpaired) electrons. The highest BCUT2D eigenvalue weighted by molar-refractivity contribution is 7.99. The number of fused-ring (bicyclic) bond motifs is 1. The minimum absolute atomic E-state index is 0.161. The molecule has 34 heavy (non-hydrogen) atoms. The number of aryl methyl sites for hydroxylation is 3. The van der Waals surface area contributed by atoms with E-state index in [4.69, 9.17) is 9.84 Å². The minimum atomic E-state index is -0.303. The molecular formula is C25H23N5O2S2. The summed E-state index contributed by atoms with van der Waals surface area (Å²) < 4.78 is 8.84. The summed E-state index contributed by atoms with van der Waals surface area (Å²) >= 11 is 2.95. The zero-order chi connectivity index (χ0) is 23.8. The molecule has 0 fully saturated rings. The number of para-hydroxylation sites is 1. The highest BCUT2D eigenvalue weighted by atomic mass is 32.2. The molecule has 3 heterocycles. The fourth-order valence-electron chi connectivity index (χ4n) is 3.78. The highest BCUT2D eigenvalue weighted by Gasteiger charge is 2.22. The van der Waals surface area contributed by atoms with Crippen LogP contribution in [0.25, 0.3) is 32.3 Å². The van der Waals surface area contributed by atoms with Gasteiger partial charge in [-0.15, -0.1) is 21.5 Å². The van der Waals surface area contributed by atoms with Gasteiger partial charge in [-0.25, -0.2) is 4.68 Å². The third-order valence-electron chi connectivity index (χ3n) is 5.55. The van der Waals surface area contributed by atoms with Gasteiger partial charge in [0.2, 0.25) is 0 Å². The van der Waals surface area contributed by atoms with Gasteiger partial charge in [0.05, 0.1) is 34.8 Å². The lowest BCUT2D eigenvalue weighted by atomic mass is 10.1. The van der Waals surface area contributed by atoms with E-state index < -0.39 is 0 Å². The van der Waals surface area contributed by atoms with E-state index in [1.165, 1.54) is 18.9 Å². The second-order valence-electron chi connectivity index (χ2n) is 7.96. The van der Waals surface area contributed by atoms with E-state index in [1.54, 1.807) is 11.3 Å². The van der Waals surface area contributed by atoms with Gasteiger partial charge in [-0.1, -0.05) is 42.1 Å². The molecule has 7 nitrogen and oxygen atoms in total. The maximum Gasteiger partial charge on any atom is 0.316 e. The molecular weight excluding hydrogens is 466 g/mol. The molecule has 0 aliphatic heterocycles. The standard InChI is InChI=1S/C25H23N5O2S2/c1-15-10-11-16(2)20(12-15)29-23(26-27-25(29)33-14-22(31)32-4)21-13-19-17(3)28-30(24(19)34-21)18-8-6-5-7-9-18/h5-13H,14H2,1-4H3. The van der Waals surface area contributed by atoms with Crippen LogP contribution < -0.4 is 0 Å². The first kappa shape index (κ1) is 22.4. The van der Waals surface area contributed by atoms with Gasteiger partial charge >= 0.3 is 5.97 Å². The molecule has 172 valence electrons. The van der Waals surface area contributed by atoms with E-state index in [0.29, 0.717) is 5.16 Å². The first-order chi connectivity index (χ1) is 16.5. The van der Waals surface area contributed by atoms with Crippen molar-refractivity contribution in [3.63, 3.8) is 0 Å². The molecule has 0 bridgehead atoms. The zero-order valence-electron chi connectivity index (χ0n) is 19.3. The third-order valence-corrected chi connectivity index (χ3v) is 7.56. The van der Waals surface area contributed by atoms with Crippen LogP contribution in [0.2, 0.25) is 0 Å². The van der Waals surface area contributed by atoms with Gasteiger partial charge in [0.1, 0.15) is 4.83 Å². The third kappa shape index (κ3) is 4.01. The number of hydrogen-bond donors (Lipinski definition) is 0. The van der Waals surface area contributed by atoms with Gasteiger partial charge in [-0.2, -0.15) is 5.10 Å². The number of carbonyl (C=O) groups is 1. The topological polar surface area (TPSA) is 74.8 Å². The Morgan fingerprint density at radius 2 is 1.85 bits per heavy atom. The second-order valence-corrected chi connectivity index (χ2v) is 9.93. The van der Waals surface area contributed by atoms with E-state index in [0.717, 1.165) is 49.1 Å². The van der Waals surface area contributed by atoms with Crippen molar-refractivity contribution in [3.8, 4) is 22.1 Å². The number of hydrogen-bond acceptors (Lipinski definition) is 7. The summed E-state index contributed by atoms with van der Waals surface area (Å²) in [4.78, 5) is 13.9. The number of carbonyl (C=O) groups excluding carboxylic acids is 1. The largest absolute Gasteiger partial charge is 0.468 e. The molecule has 0 unspecified atom stereocenters. The van der Waals surface area contributed by atoms with E-state index >= 15 is 0 Å². The maximum atomic E-state index is 11.8. The van der Waals surface area contributed by atoms with Crippen LogP contribution in [0.15, 0.2) is 59.8 Å². The molecule has 0 N–H and O–H groups in total. The fraction of sp³-hybridized carbons (Fsp3) is 0.200. The highest BCUT2D eigenvalue weighted by Crippen LogP contribution is 2.38. The van der Waals surface area contributed by atoms with Crippen molar-refractivity contribution < 1.29 is 9.53 Å². The maximum absolute atomic E-state index is 11.8. The van der Waals surface area contributed by atoms with E-state index in [9.17, 15) is 4.79 Å². The summed E-state index contributed by atoms with van der Waals surface area (Å²) in [5, 5.41) is 15.5. The smallest absolute Gasteiger partial charge is 0.316 e. The molecule has 0 spiro atoms. The monoisotopic (exact) mass is 489 g/mol. The summed E-state index contributed by atoms with van der Waals surface area (Å²) in [6, 6.07) is 18.5. The van der Waals surface area contributed by atoms with Crippen molar-refractivity contribution in [2.24, 2.45) is 0 Å². The first-order valence-electron chi connectivity index (χ1n) is 10.7. The molecule has 2 aromatic carbocycles. The number of rotatable bonds is 6. The predicted octanol–water partition coefficient (Wildman–Crippen LogP) is 5.53. The van der Waals surface area contributed by atoms with Crippen molar-refractivity contribution in [1.82, 2.24) is 24.5 Å². The Labute approximate surface area is 205 Å². The lowest BCUT2D eigenvalue weighted by molar-refractivity contribution is -0.137. The minimum Gasteiger partial charge on any atom is -0.468 e. The Kier molecular flexibility index (Phi) is 5.97. The van der Waals surface area contributed by atoms with E-state index in [-0.39, 0.29) is 11.7 Å². The molecule has 5 rings (SSSR count). The van der Waals surface area contributed by atoms with Gasteiger partial charge in [-0.05, 0) is 56.2 Å². The van der Waals surface area contributed by atoms with Gasteiger partial charge in [0, 0.05) is 5.39 Å². The molecule has 5 aromatic rings. The van der Waals surface area contributed by atoms with Crippen LogP contribution >= 0.6 is 23.1 Å². The van der Waals surface area contributed by atoms with Crippen molar-refractivity contribution >= 4 is 39.3 Å². The summed E-state index contributed by atoms with van der Waals surface area (Å²) in [5.41, 5.74) is 5.19. The zero-order valence-corrected chi connectivity index (χ0v) is 20.9. The summed E-state index contributed by atoms with van der Waals surface area (Å²) in [7, 11) is 1.39. The van der Waals surface area contributed by atoms with Crippen LogP contribution in [-0.2, 0) is 9.53 Å². The Hall–Kier alpha value is -3.43. The lowest BCUT2D eigenvalue weighted by Gasteiger charge is -2.13. The lowest BCUT2D eigenvalue weighted by Crippen LogP contribution is -2.06. The molecule has 3 aromatic heterocycles. The SMILES string of the molecule is COC(=O)CSc1nnc(-c2cc3c(C)nn(-c4ccccc4)c3s2)n1-c1cc(C)ccc1C. The average Bonchev–Trinajstić information content (AvgIpc) is 3.54. The summed E-state index contributed by atoms with van der Waals surface area (Å²) in [5.74, 6) is 0.595. The van der Waals surface area contributed by atoms with Crippen LogP contribution in [0.3, 0.4) is 0 Å². The quantitative estimate of drug-likeness (QED) is 0.231. The summed E-state index contributed by atoms with van der Waals surface area (Å²) in [6.07, 6.45) is 0. The number of aromatic nitrogens is 5.